The molecule has 8 nitrogen and oxygen atoms in total. The molecule has 0 unspecified atom stereocenters. The zero-order valence-corrected chi connectivity index (χ0v) is 15.1. The van der Waals surface area contributed by atoms with Crippen LogP contribution in [-0.4, -0.2) is 31.0 Å². The highest BCUT2D eigenvalue weighted by Crippen LogP contribution is 2.17. The molecule has 10 heteroatoms. The van der Waals surface area contributed by atoms with Gasteiger partial charge in [-0.25, -0.2) is 13.5 Å². The average Bonchev–Trinajstić information content (AvgIpc) is 3.35. The maximum Gasteiger partial charge on any atom is 0.316 e. The van der Waals surface area contributed by atoms with Crippen LogP contribution in [0.15, 0.2) is 53.2 Å². The first-order valence-electron chi connectivity index (χ1n) is 8.54. The summed E-state index contributed by atoms with van der Waals surface area (Å²) in [6.07, 6.45) is 1.57. The highest BCUT2D eigenvalue weighted by atomic mass is 19.1. The molecule has 146 valence electrons. The van der Waals surface area contributed by atoms with Crippen molar-refractivity contribution in [3.8, 4) is 11.5 Å². The van der Waals surface area contributed by atoms with E-state index in [0.29, 0.717) is 6.54 Å². The van der Waals surface area contributed by atoms with Crippen molar-refractivity contribution in [1.82, 2.24) is 25.1 Å². The molecule has 2 aromatic carbocycles. The summed E-state index contributed by atoms with van der Waals surface area (Å²) in [4.78, 5) is 16.2. The van der Waals surface area contributed by atoms with Gasteiger partial charge in [-0.15, -0.1) is 5.10 Å². The van der Waals surface area contributed by atoms with E-state index in [9.17, 15) is 13.6 Å². The zero-order chi connectivity index (χ0) is 20.4. The molecule has 1 amide bonds. The molecule has 29 heavy (non-hydrogen) atoms. The van der Waals surface area contributed by atoms with Gasteiger partial charge in [0.15, 0.2) is 5.69 Å². The molecule has 2 heterocycles. The molecular weight excluding hydrogens is 382 g/mol. The Balaban J connectivity index is 1.46. The molecule has 0 saturated heterocycles. The third kappa shape index (κ3) is 4.15. The molecule has 2 aromatic heterocycles. The van der Waals surface area contributed by atoms with Crippen LogP contribution in [0.1, 0.15) is 21.8 Å². The van der Waals surface area contributed by atoms with E-state index >= 15 is 0 Å². The number of nitrogens with one attached hydrogen (secondary N) is 1. The Kier molecular flexibility index (Phi) is 4.82. The lowest BCUT2D eigenvalue weighted by atomic mass is 10.2. The summed E-state index contributed by atoms with van der Waals surface area (Å²) in [5.41, 5.74) is 1.85. The number of halogens is 2. The lowest BCUT2D eigenvalue weighted by molar-refractivity contribution is 0.0981. The topological polar surface area (TPSA) is 98.7 Å². The van der Waals surface area contributed by atoms with Gasteiger partial charge in [-0.1, -0.05) is 28.6 Å². The van der Waals surface area contributed by atoms with Gasteiger partial charge in [0.2, 0.25) is 5.82 Å². The van der Waals surface area contributed by atoms with E-state index in [1.807, 2.05) is 0 Å². The number of hydrogen-bond donors (Lipinski definition) is 1. The van der Waals surface area contributed by atoms with Crippen molar-refractivity contribution >= 4 is 11.6 Å². The molecule has 0 aliphatic heterocycles. The molecule has 0 aliphatic rings. The second-order valence-corrected chi connectivity index (χ2v) is 6.29. The smallest absolute Gasteiger partial charge is 0.316 e. The second kappa shape index (κ2) is 7.58. The number of carbonyl (C=O) groups excluding carboxylic acids is 1. The Morgan fingerprint density at radius 3 is 2.72 bits per heavy atom. The average molecular weight is 396 g/mol. The van der Waals surface area contributed by atoms with Gasteiger partial charge in [0.05, 0.1) is 18.4 Å². The van der Waals surface area contributed by atoms with Crippen LogP contribution >= 0.6 is 0 Å². The van der Waals surface area contributed by atoms with Gasteiger partial charge in [-0.05, 0) is 42.3 Å². The number of carbonyl (C=O) groups is 1. The van der Waals surface area contributed by atoms with Crippen molar-refractivity contribution in [1.29, 1.82) is 0 Å². The maximum absolute atomic E-state index is 13.9. The molecule has 0 saturated carbocycles. The van der Waals surface area contributed by atoms with Crippen LogP contribution in [0.2, 0.25) is 0 Å². The van der Waals surface area contributed by atoms with Gasteiger partial charge >= 0.3 is 11.8 Å². The molecule has 1 N–H and O–H groups in total. The van der Waals surface area contributed by atoms with E-state index in [-0.39, 0.29) is 28.9 Å². The molecule has 0 radical (unpaired) electrons. The summed E-state index contributed by atoms with van der Waals surface area (Å²) in [5, 5.41) is 14.0. The van der Waals surface area contributed by atoms with Gasteiger partial charge in [0, 0.05) is 0 Å². The lowest BCUT2D eigenvalue weighted by Crippen LogP contribution is -2.13. The fraction of sp³-hybridized carbons (Fsp3) is 0.105. The minimum atomic E-state index is -0.745. The SMILES string of the molecule is Cc1ccc(NC(=O)c2nc(-c3cn(Cc4ccc(F)cc4)nn3)no2)c(F)c1. The Morgan fingerprint density at radius 1 is 1.17 bits per heavy atom. The van der Waals surface area contributed by atoms with E-state index in [1.54, 1.807) is 31.3 Å². The largest absolute Gasteiger partial charge is 0.328 e. The van der Waals surface area contributed by atoms with Crippen LogP contribution < -0.4 is 5.32 Å². The Bertz CT molecular complexity index is 1170. The molecule has 0 spiro atoms. The van der Waals surface area contributed by atoms with Crippen LogP contribution in [0.4, 0.5) is 14.5 Å². The quantitative estimate of drug-likeness (QED) is 0.556. The van der Waals surface area contributed by atoms with Crippen LogP contribution in [-0.2, 0) is 6.54 Å². The van der Waals surface area contributed by atoms with Crippen molar-refractivity contribution in [3.05, 3.63) is 77.3 Å². The first kappa shape index (κ1) is 18.4. The summed E-state index contributed by atoms with van der Waals surface area (Å²) in [6.45, 7) is 2.10. The summed E-state index contributed by atoms with van der Waals surface area (Å²) >= 11 is 0. The van der Waals surface area contributed by atoms with Crippen molar-refractivity contribution in [2.75, 3.05) is 5.32 Å². The second-order valence-electron chi connectivity index (χ2n) is 6.29. The highest BCUT2D eigenvalue weighted by molar-refractivity contribution is 6.01. The molecule has 0 fully saturated rings. The van der Waals surface area contributed by atoms with Crippen molar-refractivity contribution in [2.24, 2.45) is 0 Å². The summed E-state index contributed by atoms with van der Waals surface area (Å²) in [6, 6.07) is 10.4. The molecule has 0 bridgehead atoms. The first-order chi connectivity index (χ1) is 14.0. The van der Waals surface area contributed by atoms with E-state index in [2.05, 4.69) is 25.8 Å². The fourth-order valence-electron chi connectivity index (χ4n) is 2.57. The van der Waals surface area contributed by atoms with Crippen LogP contribution in [0, 0.1) is 18.6 Å². The predicted molar refractivity (Wildman–Crippen MR) is 97.9 cm³/mol. The number of nitrogens with zero attached hydrogens (tertiary/aromatic N) is 5. The first-order valence-corrected chi connectivity index (χ1v) is 8.54. The Hall–Kier alpha value is -3.95. The van der Waals surface area contributed by atoms with Crippen molar-refractivity contribution in [2.45, 2.75) is 13.5 Å². The maximum atomic E-state index is 13.9. The number of anilines is 1. The molecule has 4 aromatic rings. The van der Waals surface area contributed by atoms with E-state index < -0.39 is 11.7 Å². The molecule has 0 aliphatic carbocycles. The Labute approximate surface area is 163 Å². The van der Waals surface area contributed by atoms with Crippen LogP contribution in [0.25, 0.3) is 11.5 Å². The number of aryl methyl sites for hydroxylation is 1. The lowest BCUT2D eigenvalue weighted by Gasteiger charge is -2.04. The number of benzene rings is 2. The molecular formula is C19H14F2N6O2. The van der Waals surface area contributed by atoms with Crippen molar-refractivity contribution in [3.63, 3.8) is 0 Å². The third-order valence-corrected chi connectivity index (χ3v) is 4.02. The van der Waals surface area contributed by atoms with E-state index in [1.165, 1.54) is 28.9 Å². The summed E-state index contributed by atoms with van der Waals surface area (Å²) < 4.78 is 33.3. The number of aromatic nitrogens is 5. The highest BCUT2D eigenvalue weighted by Gasteiger charge is 2.19. The summed E-state index contributed by atoms with van der Waals surface area (Å²) in [7, 11) is 0. The number of amides is 1. The minimum absolute atomic E-state index is 0.00518. The summed E-state index contributed by atoms with van der Waals surface area (Å²) in [5.74, 6) is -1.92. The van der Waals surface area contributed by atoms with Crippen LogP contribution in [0.3, 0.4) is 0 Å². The molecule has 0 atom stereocenters. The molecule has 4 rings (SSSR count). The normalized spacial score (nSPS) is 10.9. The van der Waals surface area contributed by atoms with Gasteiger partial charge in [0.1, 0.15) is 11.6 Å². The van der Waals surface area contributed by atoms with Gasteiger partial charge in [-0.2, -0.15) is 4.98 Å². The predicted octanol–water partition coefficient (Wildman–Crippen LogP) is 3.22. The Morgan fingerprint density at radius 2 is 1.97 bits per heavy atom. The van der Waals surface area contributed by atoms with E-state index in [4.69, 9.17) is 4.52 Å². The number of hydrogen-bond acceptors (Lipinski definition) is 6. The number of rotatable bonds is 5. The van der Waals surface area contributed by atoms with Gasteiger partial charge in [-0.3, -0.25) is 4.79 Å². The van der Waals surface area contributed by atoms with Crippen molar-refractivity contribution < 1.29 is 18.1 Å². The van der Waals surface area contributed by atoms with E-state index in [0.717, 1.165) is 11.1 Å². The fourth-order valence-corrected chi connectivity index (χ4v) is 2.57. The van der Waals surface area contributed by atoms with Gasteiger partial charge < -0.3 is 9.84 Å². The van der Waals surface area contributed by atoms with Crippen LogP contribution in [0.5, 0.6) is 0 Å². The minimum Gasteiger partial charge on any atom is -0.328 e. The standard InChI is InChI=1S/C19H14F2N6O2/c1-11-2-7-15(14(21)8-11)22-18(28)19-23-17(25-29-19)16-10-27(26-24-16)9-12-3-5-13(20)6-4-12/h2-8,10H,9H2,1H3,(H,22,28). The zero-order valence-electron chi connectivity index (χ0n) is 15.1. The monoisotopic (exact) mass is 396 g/mol. The third-order valence-electron chi connectivity index (χ3n) is 4.02. The van der Waals surface area contributed by atoms with Gasteiger partial charge in [0.25, 0.3) is 0 Å².